The number of hydrogen-bond acceptors (Lipinski definition) is 1. The minimum atomic E-state index is 0.582. The molecule has 0 unspecified atom stereocenters. The third kappa shape index (κ3) is 3.27. The lowest BCUT2D eigenvalue weighted by Crippen LogP contribution is -2.25. The van der Waals surface area contributed by atoms with Crippen LogP contribution in [0.5, 0.6) is 0 Å². The van der Waals surface area contributed by atoms with Crippen molar-refractivity contribution < 1.29 is 0 Å². The smallest absolute Gasteiger partial charge is 0.203 e. The van der Waals surface area contributed by atoms with E-state index in [2.05, 4.69) is 68.4 Å². The van der Waals surface area contributed by atoms with Crippen LogP contribution in [0, 0.1) is 5.41 Å². The highest BCUT2D eigenvalue weighted by Gasteiger charge is 2.11. The fourth-order valence-electron chi connectivity index (χ4n) is 3.00. The predicted octanol–water partition coefficient (Wildman–Crippen LogP) is 4.92. The maximum Gasteiger partial charge on any atom is 0.203 e. The summed E-state index contributed by atoms with van der Waals surface area (Å²) in [4.78, 5) is 0. The quantitative estimate of drug-likeness (QED) is 0.596. The van der Waals surface area contributed by atoms with Gasteiger partial charge in [0.05, 0.1) is 17.6 Å². The highest BCUT2D eigenvalue weighted by Crippen LogP contribution is 2.20. The second-order valence-corrected chi connectivity index (χ2v) is 6.70. The first-order valence-corrected chi connectivity index (χ1v) is 8.97. The van der Waals surface area contributed by atoms with E-state index in [-0.39, 0.29) is 0 Å². The molecule has 4 heteroatoms. The number of benzene rings is 2. The second kappa shape index (κ2) is 7.18. The summed E-state index contributed by atoms with van der Waals surface area (Å²) in [7, 11) is 0. The van der Waals surface area contributed by atoms with Crippen molar-refractivity contribution in [2.75, 3.05) is 0 Å². The molecule has 0 atom stereocenters. The standard InChI is InChI=1S/C19H22BrN3/c1-2-3-8-13-22-17-11-6-7-12-18(17)23(19(22)21)14-15-9-4-5-10-16(15)20/h4-7,9-12,21H,2-3,8,13-14H2,1H3. The first-order chi connectivity index (χ1) is 11.2. The maximum atomic E-state index is 8.64. The van der Waals surface area contributed by atoms with Crippen LogP contribution in [0.25, 0.3) is 11.0 Å². The van der Waals surface area contributed by atoms with Gasteiger partial charge in [-0.2, -0.15) is 0 Å². The van der Waals surface area contributed by atoms with Crippen molar-refractivity contribution in [1.29, 1.82) is 5.41 Å². The first kappa shape index (κ1) is 16.1. The van der Waals surface area contributed by atoms with Crippen LogP contribution in [0.2, 0.25) is 0 Å². The van der Waals surface area contributed by atoms with Gasteiger partial charge in [-0.3, -0.25) is 5.41 Å². The van der Waals surface area contributed by atoms with Crippen molar-refractivity contribution in [2.24, 2.45) is 0 Å². The van der Waals surface area contributed by atoms with Gasteiger partial charge < -0.3 is 9.13 Å². The number of nitrogens with one attached hydrogen (secondary N) is 1. The second-order valence-electron chi connectivity index (χ2n) is 5.85. The Balaban J connectivity index is 2.05. The number of unbranched alkanes of at least 4 members (excludes halogenated alkanes) is 2. The van der Waals surface area contributed by atoms with Gasteiger partial charge in [-0.25, -0.2) is 0 Å². The molecule has 3 rings (SSSR count). The predicted molar refractivity (Wildman–Crippen MR) is 98.6 cm³/mol. The molecule has 23 heavy (non-hydrogen) atoms. The molecule has 0 saturated heterocycles. The van der Waals surface area contributed by atoms with Gasteiger partial charge in [0.25, 0.3) is 0 Å². The minimum Gasteiger partial charge on any atom is -0.310 e. The molecule has 1 heterocycles. The van der Waals surface area contributed by atoms with E-state index in [1.807, 2.05) is 12.1 Å². The number of para-hydroxylation sites is 2. The molecule has 3 nitrogen and oxygen atoms in total. The number of imidazole rings is 1. The normalized spacial score (nSPS) is 11.2. The van der Waals surface area contributed by atoms with Gasteiger partial charge >= 0.3 is 0 Å². The fraction of sp³-hybridized carbons (Fsp3) is 0.316. The molecule has 0 aliphatic carbocycles. The summed E-state index contributed by atoms with van der Waals surface area (Å²) >= 11 is 3.62. The Morgan fingerprint density at radius 2 is 1.57 bits per heavy atom. The van der Waals surface area contributed by atoms with Crippen LogP contribution in [0.1, 0.15) is 31.7 Å². The Bertz CT molecular complexity index is 860. The van der Waals surface area contributed by atoms with Gasteiger partial charge in [-0.05, 0) is 30.2 Å². The summed E-state index contributed by atoms with van der Waals surface area (Å²) in [5.74, 6) is 0. The van der Waals surface area contributed by atoms with Crippen LogP contribution in [-0.4, -0.2) is 9.13 Å². The van der Waals surface area contributed by atoms with E-state index in [4.69, 9.17) is 5.41 Å². The number of halogens is 1. The van der Waals surface area contributed by atoms with E-state index in [1.165, 1.54) is 18.4 Å². The number of fused-ring (bicyclic) bond motifs is 1. The lowest BCUT2D eigenvalue weighted by Gasteiger charge is -2.07. The van der Waals surface area contributed by atoms with Gasteiger partial charge in [0.15, 0.2) is 0 Å². The number of aryl methyl sites for hydroxylation is 1. The van der Waals surface area contributed by atoms with Gasteiger partial charge in [0, 0.05) is 11.0 Å². The van der Waals surface area contributed by atoms with E-state index >= 15 is 0 Å². The number of aromatic nitrogens is 2. The number of hydrogen-bond donors (Lipinski definition) is 1. The van der Waals surface area contributed by atoms with E-state index in [9.17, 15) is 0 Å². The molecule has 0 spiro atoms. The molecule has 120 valence electrons. The van der Waals surface area contributed by atoms with Crippen molar-refractivity contribution in [3.63, 3.8) is 0 Å². The van der Waals surface area contributed by atoms with Crippen LogP contribution in [0.15, 0.2) is 53.0 Å². The number of nitrogens with zero attached hydrogens (tertiary/aromatic N) is 2. The van der Waals surface area contributed by atoms with Crippen molar-refractivity contribution in [2.45, 2.75) is 39.3 Å². The summed E-state index contributed by atoms with van der Waals surface area (Å²) in [5, 5.41) is 8.64. The fourth-order valence-corrected chi connectivity index (χ4v) is 3.41. The monoisotopic (exact) mass is 371 g/mol. The molecular formula is C19H22BrN3. The van der Waals surface area contributed by atoms with E-state index in [0.29, 0.717) is 12.2 Å². The zero-order valence-corrected chi connectivity index (χ0v) is 15.0. The lowest BCUT2D eigenvalue weighted by molar-refractivity contribution is 0.569. The van der Waals surface area contributed by atoms with E-state index < -0.39 is 0 Å². The summed E-state index contributed by atoms with van der Waals surface area (Å²) in [5.41, 5.74) is 4.06. The highest BCUT2D eigenvalue weighted by molar-refractivity contribution is 9.10. The molecule has 0 amide bonds. The van der Waals surface area contributed by atoms with Crippen LogP contribution in [0.3, 0.4) is 0 Å². The third-order valence-corrected chi connectivity index (χ3v) is 5.02. The molecule has 1 N–H and O–H groups in total. The van der Waals surface area contributed by atoms with Crippen LogP contribution in [-0.2, 0) is 13.1 Å². The molecule has 0 aliphatic heterocycles. The Hall–Kier alpha value is -1.81. The largest absolute Gasteiger partial charge is 0.310 e. The Kier molecular flexibility index (Phi) is 5.01. The van der Waals surface area contributed by atoms with E-state index in [1.54, 1.807) is 0 Å². The molecule has 0 saturated carbocycles. The molecule has 3 aromatic rings. The van der Waals surface area contributed by atoms with Gasteiger partial charge in [-0.15, -0.1) is 0 Å². The van der Waals surface area contributed by atoms with E-state index in [0.717, 1.165) is 28.5 Å². The maximum absolute atomic E-state index is 8.64. The molecule has 0 fully saturated rings. The average Bonchev–Trinajstić information content (AvgIpc) is 2.83. The Labute approximate surface area is 145 Å². The third-order valence-electron chi connectivity index (χ3n) is 4.25. The van der Waals surface area contributed by atoms with Gasteiger partial charge in [-0.1, -0.05) is 66.0 Å². The van der Waals surface area contributed by atoms with Crippen LogP contribution in [0.4, 0.5) is 0 Å². The van der Waals surface area contributed by atoms with Crippen LogP contribution >= 0.6 is 15.9 Å². The topological polar surface area (TPSA) is 33.7 Å². The minimum absolute atomic E-state index is 0.582. The van der Waals surface area contributed by atoms with Gasteiger partial charge in [0.2, 0.25) is 5.62 Å². The Morgan fingerprint density at radius 3 is 2.26 bits per heavy atom. The van der Waals surface area contributed by atoms with Crippen molar-refractivity contribution in [3.05, 3.63) is 64.2 Å². The number of rotatable bonds is 6. The van der Waals surface area contributed by atoms with Crippen LogP contribution < -0.4 is 5.62 Å². The Morgan fingerprint density at radius 1 is 0.913 bits per heavy atom. The molecule has 2 aromatic carbocycles. The molecule has 0 radical (unpaired) electrons. The average molecular weight is 372 g/mol. The summed E-state index contributed by atoms with van der Waals surface area (Å²) in [6, 6.07) is 16.6. The first-order valence-electron chi connectivity index (χ1n) is 8.18. The molecule has 0 aliphatic rings. The van der Waals surface area contributed by atoms with Crippen molar-refractivity contribution >= 4 is 27.0 Å². The molecule has 0 bridgehead atoms. The van der Waals surface area contributed by atoms with Gasteiger partial charge in [0.1, 0.15) is 0 Å². The highest BCUT2D eigenvalue weighted by atomic mass is 79.9. The lowest BCUT2D eigenvalue weighted by atomic mass is 10.2. The summed E-state index contributed by atoms with van der Waals surface area (Å²) < 4.78 is 5.33. The summed E-state index contributed by atoms with van der Waals surface area (Å²) in [6.07, 6.45) is 3.52. The summed E-state index contributed by atoms with van der Waals surface area (Å²) in [6.45, 7) is 3.83. The zero-order chi connectivity index (χ0) is 16.2. The molecular weight excluding hydrogens is 350 g/mol. The van der Waals surface area contributed by atoms with Crippen molar-refractivity contribution in [3.8, 4) is 0 Å². The molecule has 1 aromatic heterocycles. The zero-order valence-electron chi connectivity index (χ0n) is 13.4. The van der Waals surface area contributed by atoms with Crippen molar-refractivity contribution in [1.82, 2.24) is 9.13 Å². The SMILES string of the molecule is CCCCCn1c(=N)n(Cc2ccccc2Br)c2ccccc21.